The number of nitrogens with zero attached hydrogens (tertiary/aromatic N) is 3. The Bertz CT molecular complexity index is 1110. The molecule has 176 valence electrons. The van der Waals surface area contributed by atoms with Gasteiger partial charge in [-0.3, -0.25) is 4.79 Å². The molecule has 3 aromatic rings. The van der Waals surface area contributed by atoms with Gasteiger partial charge in [0.05, 0.1) is 12.9 Å². The first kappa shape index (κ1) is 24.8. The zero-order chi connectivity index (χ0) is 24.1. The van der Waals surface area contributed by atoms with Crippen LogP contribution >= 0.6 is 11.8 Å². The van der Waals surface area contributed by atoms with Crippen molar-refractivity contribution < 1.29 is 18.7 Å². The second-order valence-electron chi connectivity index (χ2n) is 8.41. The number of hydrogen-bond donors (Lipinski definition) is 0. The Balaban J connectivity index is 1.77. The summed E-state index contributed by atoms with van der Waals surface area (Å²) in [5.41, 5.74) is 2.49. The largest absolute Gasteiger partial charge is 0.496 e. The second-order valence-corrected chi connectivity index (χ2v) is 9.35. The molecule has 0 aliphatic rings. The predicted octanol–water partition coefficient (Wildman–Crippen LogP) is 5.81. The third kappa shape index (κ3) is 6.13. The van der Waals surface area contributed by atoms with Gasteiger partial charge in [-0.25, -0.2) is 4.39 Å². The molecule has 6 nitrogen and oxygen atoms in total. The van der Waals surface area contributed by atoms with E-state index in [1.807, 2.05) is 37.5 Å². The highest BCUT2D eigenvalue weighted by Crippen LogP contribution is 2.28. The predicted molar refractivity (Wildman–Crippen MR) is 128 cm³/mol. The topological polar surface area (TPSA) is 66.2 Å². The summed E-state index contributed by atoms with van der Waals surface area (Å²) in [5, 5.41) is 9.37. The van der Waals surface area contributed by atoms with E-state index >= 15 is 0 Å². The van der Waals surface area contributed by atoms with Crippen LogP contribution in [0.5, 0.6) is 11.5 Å². The standard InChI is InChI=1S/C25H30FN3O3S/c1-15(2)13-29-24(18(5)32-20-9-7-19(26)8-10-20)27-28-25(29)33-14-22(30)21-11-17(4)23(31-6)12-16(21)3/h7-12,15,18H,13-14H2,1-6H3. The molecule has 0 saturated heterocycles. The van der Waals surface area contributed by atoms with E-state index in [2.05, 4.69) is 24.0 Å². The quantitative estimate of drug-likeness (QED) is 0.274. The zero-order valence-corrected chi connectivity index (χ0v) is 20.7. The number of rotatable bonds is 10. The Kier molecular flexibility index (Phi) is 8.13. The Hall–Kier alpha value is -2.87. The molecular weight excluding hydrogens is 441 g/mol. The summed E-state index contributed by atoms with van der Waals surface area (Å²) in [5.74, 6) is 2.29. The Morgan fingerprint density at radius 1 is 1.09 bits per heavy atom. The van der Waals surface area contributed by atoms with Crippen molar-refractivity contribution in [2.75, 3.05) is 12.9 Å². The van der Waals surface area contributed by atoms with Crippen molar-refractivity contribution >= 4 is 17.5 Å². The van der Waals surface area contributed by atoms with Crippen LogP contribution in [0.25, 0.3) is 0 Å². The lowest BCUT2D eigenvalue weighted by Gasteiger charge is -2.18. The van der Waals surface area contributed by atoms with E-state index in [-0.39, 0.29) is 17.4 Å². The van der Waals surface area contributed by atoms with Gasteiger partial charge in [-0.1, -0.05) is 25.6 Å². The first-order valence-corrected chi connectivity index (χ1v) is 11.8. The number of aryl methyl sites for hydroxylation is 2. The van der Waals surface area contributed by atoms with E-state index < -0.39 is 6.10 Å². The number of Topliss-reactive ketones (excluding diaryl/α,β-unsaturated/α-hetero) is 1. The number of methoxy groups -OCH3 is 1. The molecule has 0 amide bonds. The fourth-order valence-corrected chi connectivity index (χ4v) is 4.37. The van der Waals surface area contributed by atoms with Crippen molar-refractivity contribution in [1.82, 2.24) is 14.8 Å². The minimum atomic E-state index is -0.391. The van der Waals surface area contributed by atoms with Gasteiger partial charge in [-0.2, -0.15) is 0 Å². The Labute approximate surface area is 198 Å². The van der Waals surface area contributed by atoms with Gasteiger partial charge < -0.3 is 14.0 Å². The molecule has 0 saturated carbocycles. The summed E-state index contributed by atoms with van der Waals surface area (Å²) in [6, 6.07) is 9.65. The maximum atomic E-state index is 13.2. The van der Waals surface area contributed by atoms with Gasteiger partial charge >= 0.3 is 0 Å². The van der Waals surface area contributed by atoms with Crippen LogP contribution in [0.3, 0.4) is 0 Å². The van der Waals surface area contributed by atoms with Crippen LogP contribution in [0.15, 0.2) is 41.6 Å². The first-order chi connectivity index (χ1) is 15.7. The summed E-state index contributed by atoms with van der Waals surface area (Å²) >= 11 is 1.37. The molecule has 1 heterocycles. The molecule has 33 heavy (non-hydrogen) atoms. The summed E-state index contributed by atoms with van der Waals surface area (Å²) in [6.07, 6.45) is -0.391. The zero-order valence-electron chi connectivity index (χ0n) is 19.9. The number of ether oxygens (including phenoxy) is 2. The maximum Gasteiger partial charge on any atom is 0.191 e. The van der Waals surface area contributed by atoms with Gasteiger partial charge in [0.1, 0.15) is 17.3 Å². The van der Waals surface area contributed by atoms with E-state index in [1.54, 1.807) is 19.2 Å². The summed E-state index contributed by atoms with van der Waals surface area (Å²) in [7, 11) is 1.62. The van der Waals surface area contributed by atoms with E-state index in [0.29, 0.717) is 34.8 Å². The van der Waals surface area contributed by atoms with E-state index in [1.165, 1.54) is 23.9 Å². The fourth-order valence-electron chi connectivity index (χ4n) is 3.53. The second kappa shape index (κ2) is 10.8. The molecule has 0 fully saturated rings. The van der Waals surface area contributed by atoms with Gasteiger partial charge in [0, 0.05) is 12.1 Å². The third-order valence-electron chi connectivity index (χ3n) is 5.16. The third-order valence-corrected chi connectivity index (χ3v) is 6.12. The van der Waals surface area contributed by atoms with Crippen molar-refractivity contribution in [2.24, 2.45) is 5.92 Å². The number of hydrogen-bond acceptors (Lipinski definition) is 6. The minimum Gasteiger partial charge on any atom is -0.496 e. The van der Waals surface area contributed by atoms with Crippen LogP contribution in [0, 0.1) is 25.6 Å². The minimum absolute atomic E-state index is 0.0273. The fraction of sp³-hybridized carbons (Fsp3) is 0.400. The lowest BCUT2D eigenvalue weighted by Crippen LogP contribution is -2.15. The molecule has 0 aliphatic carbocycles. The van der Waals surface area contributed by atoms with Crippen LogP contribution < -0.4 is 9.47 Å². The number of ketones is 1. The summed E-state index contributed by atoms with van der Waals surface area (Å²) in [6.45, 7) is 10.6. The highest BCUT2D eigenvalue weighted by molar-refractivity contribution is 7.99. The lowest BCUT2D eigenvalue weighted by atomic mass is 10.0. The molecule has 2 aromatic carbocycles. The van der Waals surface area contributed by atoms with Gasteiger partial charge in [-0.15, -0.1) is 10.2 Å². The van der Waals surface area contributed by atoms with Crippen LogP contribution in [-0.2, 0) is 6.54 Å². The SMILES string of the molecule is COc1cc(C)c(C(=O)CSc2nnc(C(C)Oc3ccc(F)cc3)n2CC(C)C)cc1C. The van der Waals surface area contributed by atoms with E-state index in [4.69, 9.17) is 9.47 Å². The van der Waals surface area contributed by atoms with Gasteiger partial charge in [-0.05, 0) is 74.2 Å². The summed E-state index contributed by atoms with van der Waals surface area (Å²) < 4.78 is 26.5. The van der Waals surface area contributed by atoms with Gasteiger partial charge in [0.2, 0.25) is 0 Å². The van der Waals surface area contributed by atoms with Crippen LogP contribution in [0.4, 0.5) is 4.39 Å². The molecular formula is C25H30FN3O3S. The van der Waals surface area contributed by atoms with E-state index in [0.717, 1.165) is 16.9 Å². The smallest absolute Gasteiger partial charge is 0.191 e. The van der Waals surface area contributed by atoms with Gasteiger partial charge in [0.25, 0.3) is 0 Å². The Morgan fingerprint density at radius 2 is 1.79 bits per heavy atom. The molecule has 1 aromatic heterocycles. The van der Waals surface area contributed by atoms with Crippen LogP contribution in [0.1, 0.15) is 54.2 Å². The molecule has 0 bridgehead atoms. The lowest BCUT2D eigenvalue weighted by molar-refractivity contribution is 0.102. The van der Waals surface area contributed by atoms with Crippen molar-refractivity contribution in [2.45, 2.75) is 52.4 Å². The van der Waals surface area contributed by atoms with Crippen LogP contribution in [-0.4, -0.2) is 33.4 Å². The average Bonchev–Trinajstić information content (AvgIpc) is 3.16. The molecule has 8 heteroatoms. The van der Waals surface area contributed by atoms with Crippen molar-refractivity contribution in [3.05, 3.63) is 64.7 Å². The van der Waals surface area contributed by atoms with Crippen molar-refractivity contribution in [3.63, 3.8) is 0 Å². The molecule has 0 spiro atoms. The monoisotopic (exact) mass is 471 g/mol. The molecule has 3 rings (SSSR count). The number of carbonyl (C=O) groups is 1. The number of benzene rings is 2. The number of halogens is 1. The normalized spacial score (nSPS) is 12.1. The van der Waals surface area contributed by atoms with Crippen molar-refractivity contribution in [3.8, 4) is 11.5 Å². The highest BCUT2D eigenvalue weighted by Gasteiger charge is 2.22. The average molecular weight is 472 g/mol. The van der Waals surface area contributed by atoms with Crippen LogP contribution in [0.2, 0.25) is 0 Å². The number of thioether (sulfide) groups is 1. The van der Waals surface area contributed by atoms with Crippen molar-refractivity contribution in [1.29, 1.82) is 0 Å². The molecule has 0 N–H and O–H groups in total. The molecule has 1 unspecified atom stereocenters. The molecule has 1 atom stereocenters. The molecule has 0 aliphatic heterocycles. The highest BCUT2D eigenvalue weighted by atomic mass is 32.2. The summed E-state index contributed by atoms with van der Waals surface area (Å²) in [4.78, 5) is 13.0. The number of carbonyl (C=O) groups excluding carboxylic acids is 1. The maximum absolute atomic E-state index is 13.2. The van der Waals surface area contributed by atoms with Gasteiger partial charge in [0.15, 0.2) is 22.9 Å². The van der Waals surface area contributed by atoms with E-state index in [9.17, 15) is 9.18 Å². The number of aromatic nitrogens is 3. The first-order valence-electron chi connectivity index (χ1n) is 10.9. The molecule has 0 radical (unpaired) electrons. The Morgan fingerprint density at radius 3 is 2.42 bits per heavy atom.